The first-order chi connectivity index (χ1) is 28.0. The standard InChI is InChI=1S/C52H35NO2P2/c54-56(41-15-4-1-5-16-41,42-17-6-2-7-18-42)44-29-27-40(28-30-44)53-49-22-11-10-21-47(49)48-35-45(31-32-50(48)53)57(55,43-19-8-3-9-20-43)46-33-38-25-23-36-13-12-14-37-24-26-39(34-46)52(38)51(36)37/h1-35H. The molecule has 1 atom stereocenters. The van der Waals surface area contributed by atoms with Crippen LogP contribution in [0.1, 0.15) is 0 Å². The van der Waals surface area contributed by atoms with E-state index in [1.54, 1.807) is 0 Å². The molecule has 270 valence electrons. The van der Waals surface area contributed by atoms with Crippen molar-refractivity contribution in [3.05, 3.63) is 212 Å². The molecule has 0 spiro atoms. The third kappa shape index (κ3) is 5.13. The van der Waals surface area contributed by atoms with Gasteiger partial charge in [-0.2, -0.15) is 0 Å². The molecule has 0 aliphatic carbocycles. The Balaban J connectivity index is 1.09. The first kappa shape index (κ1) is 33.8. The van der Waals surface area contributed by atoms with Gasteiger partial charge in [0.25, 0.3) is 0 Å². The maximum atomic E-state index is 16.2. The van der Waals surface area contributed by atoms with E-state index in [2.05, 4.69) is 114 Å². The normalized spacial score (nSPS) is 13.2. The van der Waals surface area contributed by atoms with Gasteiger partial charge in [-0.15, -0.1) is 0 Å². The van der Waals surface area contributed by atoms with Crippen molar-refractivity contribution in [1.82, 2.24) is 4.57 Å². The number of nitrogens with zero attached hydrogens (tertiary/aromatic N) is 1. The molecular weight excluding hydrogens is 733 g/mol. The molecule has 0 saturated carbocycles. The number of hydrogen-bond acceptors (Lipinski definition) is 2. The number of fused-ring (bicyclic) bond motifs is 3. The molecule has 0 bridgehead atoms. The Morgan fingerprint density at radius 1 is 0.298 bits per heavy atom. The lowest BCUT2D eigenvalue weighted by atomic mass is 9.94. The summed E-state index contributed by atoms with van der Waals surface area (Å²) in [7, 11) is -6.49. The predicted octanol–water partition coefficient (Wildman–Crippen LogP) is 11.0. The summed E-state index contributed by atoms with van der Waals surface area (Å²) in [5.74, 6) is 0. The average molecular weight is 768 g/mol. The highest BCUT2D eigenvalue weighted by molar-refractivity contribution is 7.85. The largest absolute Gasteiger partial charge is 0.309 e. The quantitative estimate of drug-likeness (QED) is 0.120. The molecule has 0 aliphatic rings. The van der Waals surface area contributed by atoms with Gasteiger partial charge >= 0.3 is 0 Å². The third-order valence-electron chi connectivity index (χ3n) is 11.7. The molecule has 3 nitrogen and oxygen atoms in total. The number of rotatable bonds is 7. The lowest BCUT2D eigenvalue weighted by Crippen LogP contribution is -2.25. The highest BCUT2D eigenvalue weighted by Crippen LogP contribution is 2.47. The van der Waals surface area contributed by atoms with Crippen LogP contribution >= 0.6 is 14.3 Å². The fourth-order valence-electron chi connectivity index (χ4n) is 8.97. The van der Waals surface area contributed by atoms with E-state index in [0.29, 0.717) is 0 Å². The van der Waals surface area contributed by atoms with Crippen LogP contribution in [0.5, 0.6) is 0 Å². The second-order valence-electron chi connectivity index (χ2n) is 14.8. The number of hydrogen-bond donors (Lipinski definition) is 0. The van der Waals surface area contributed by atoms with E-state index in [9.17, 15) is 0 Å². The summed E-state index contributed by atoms with van der Waals surface area (Å²) in [6.07, 6.45) is 0. The van der Waals surface area contributed by atoms with Crippen LogP contribution in [0, 0.1) is 0 Å². The highest BCUT2D eigenvalue weighted by atomic mass is 31.2. The first-order valence-corrected chi connectivity index (χ1v) is 22.6. The second kappa shape index (κ2) is 13.0. The van der Waals surface area contributed by atoms with E-state index in [0.717, 1.165) is 70.1 Å². The monoisotopic (exact) mass is 767 g/mol. The minimum atomic E-state index is -3.36. The van der Waals surface area contributed by atoms with Crippen molar-refractivity contribution in [2.24, 2.45) is 0 Å². The van der Waals surface area contributed by atoms with Crippen LogP contribution in [-0.2, 0) is 9.13 Å². The molecule has 10 aromatic carbocycles. The zero-order chi connectivity index (χ0) is 38.1. The summed E-state index contributed by atoms with van der Waals surface area (Å²) in [6, 6.07) is 71.9. The molecular formula is C52H35NO2P2. The molecule has 0 fully saturated rings. The predicted molar refractivity (Wildman–Crippen MR) is 243 cm³/mol. The molecule has 1 heterocycles. The molecule has 11 rings (SSSR count). The van der Waals surface area contributed by atoms with Crippen molar-refractivity contribution in [3.8, 4) is 5.69 Å². The molecule has 1 aromatic heterocycles. The molecule has 0 radical (unpaired) electrons. The smallest absolute Gasteiger partial charge is 0.171 e. The summed E-state index contributed by atoms with van der Waals surface area (Å²) in [5.41, 5.74) is 3.02. The van der Waals surface area contributed by atoms with Crippen molar-refractivity contribution in [2.75, 3.05) is 0 Å². The fraction of sp³-hybridized carbons (Fsp3) is 0. The summed E-state index contributed by atoms with van der Waals surface area (Å²) in [5, 5.41) is 14.0. The lowest BCUT2D eigenvalue weighted by Gasteiger charge is -2.22. The van der Waals surface area contributed by atoms with Gasteiger partial charge in [0, 0.05) is 48.3 Å². The van der Waals surface area contributed by atoms with E-state index < -0.39 is 14.3 Å². The molecule has 0 saturated heterocycles. The highest BCUT2D eigenvalue weighted by Gasteiger charge is 2.32. The molecule has 5 heteroatoms. The Kier molecular flexibility index (Phi) is 7.73. The van der Waals surface area contributed by atoms with Gasteiger partial charge in [0.05, 0.1) is 11.0 Å². The van der Waals surface area contributed by atoms with E-state index in [4.69, 9.17) is 0 Å². The first-order valence-electron chi connectivity index (χ1n) is 19.2. The van der Waals surface area contributed by atoms with Gasteiger partial charge in [0.15, 0.2) is 14.3 Å². The van der Waals surface area contributed by atoms with Crippen LogP contribution in [0.15, 0.2) is 212 Å². The summed E-state index contributed by atoms with van der Waals surface area (Å²) in [4.78, 5) is 0. The van der Waals surface area contributed by atoms with Crippen LogP contribution in [0.3, 0.4) is 0 Å². The number of benzene rings is 10. The van der Waals surface area contributed by atoms with Gasteiger partial charge in [-0.1, -0.05) is 152 Å². The van der Waals surface area contributed by atoms with Gasteiger partial charge in [0.2, 0.25) is 0 Å². The van der Waals surface area contributed by atoms with Crippen molar-refractivity contribution < 1.29 is 9.13 Å². The second-order valence-corrected chi connectivity index (χ2v) is 20.3. The van der Waals surface area contributed by atoms with Crippen LogP contribution < -0.4 is 31.8 Å². The van der Waals surface area contributed by atoms with E-state index >= 15 is 9.13 Å². The van der Waals surface area contributed by atoms with Crippen LogP contribution in [-0.4, -0.2) is 4.57 Å². The van der Waals surface area contributed by atoms with Gasteiger partial charge in [-0.3, -0.25) is 0 Å². The molecule has 0 amide bonds. The van der Waals surface area contributed by atoms with Gasteiger partial charge in [-0.05, 0) is 93.0 Å². The Hall–Kier alpha value is -6.50. The van der Waals surface area contributed by atoms with Crippen molar-refractivity contribution >= 4 is 100 Å². The van der Waals surface area contributed by atoms with Gasteiger partial charge in [0.1, 0.15) is 0 Å². The molecule has 0 N–H and O–H groups in total. The SMILES string of the molecule is O=P(c1ccccc1)(c1ccccc1)c1ccc(-n2c3ccccc3c3cc(P(=O)(c4ccccc4)c4cc5ccc6cccc7ccc(c4)c5c67)ccc32)cc1. The average Bonchev–Trinajstić information content (AvgIpc) is 3.62. The Morgan fingerprint density at radius 2 is 0.737 bits per heavy atom. The lowest BCUT2D eigenvalue weighted by molar-refractivity contribution is 0.591. The van der Waals surface area contributed by atoms with Crippen LogP contribution in [0.2, 0.25) is 0 Å². The summed E-state index contributed by atoms with van der Waals surface area (Å²) < 4.78 is 33.6. The summed E-state index contributed by atoms with van der Waals surface area (Å²) in [6.45, 7) is 0. The van der Waals surface area contributed by atoms with Crippen LogP contribution in [0.25, 0.3) is 59.8 Å². The van der Waals surface area contributed by atoms with Crippen molar-refractivity contribution in [2.45, 2.75) is 0 Å². The zero-order valence-electron chi connectivity index (χ0n) is 30.9. The van der Waals surface area contributed by atoms with Gasteiger partial charge < -0.3 is 13.7 Å². The van der Waals surface area contributed by atoms with Crippen molar-refractivity contribution in [1.29, 1.82) is 0 Å². The maximum absolute atomic E-state index is 16.2. The fourth-order valence-corrected chi connectivity index (χ4v) is 14.3. The number of aromatic nitrogens is 1. The maximum Gasteiger partial charge on any atom is 0.171 e. The van der Waals surface area contributed by atoms with Crippen molar-refractivity contribution in [3.63, 3.8) is 0 Å². The Bertz CT molecular complexity index is 3290. The molecule has 1 unspecified atom stereocenters. The Morgan fingerprint density at radius 3 is 1.32 bits per heavy atom. The molecule has 57 heavy (non-hydrogen) atoms. The topological polar surface area (TPSA) is 39.1 Å². The van der Waals surface area contributed by atoms with E-state index in [1.807, 2.05) is 103 Å². The third-order valence-corrected chi connectivity index (χ3v) is 17.8. The Labute approximate surface area is 330 Å². The number of para-hydroxylation sites is 1. The van der Waals surface area contributed by atoms with Crippen LogP contribution in [0.4, 0.5) is 0 Å². The minimum Gasteiger partial charge on any atom is -0.309 e. The minimum absolute atomic E-state index is 0.781. The van der Waals surface area contributed by atoms with E-state index in [1.165, 1.54) is 21.5 Å². The molecule has 11 aromatic rings. The van der Waals surface area contributed by atoms with E-state index in [-0.39, 0.29) is 0 Å². The summed E-state index contributed by atoms with van der Waals surface area (Å²) >= 11 is 0. The zero-order valence-corrected chi connectivity index (χ0v) is 32.7. The van der Waals surface area contributed by atoms with Gasteiger partial charge in [-0.25, -0.2) is 0 Å². The molecule has 0 aliphatic heterocycles.